The van der Waals surface area contributed by atoms with Crippen molar-refractivity contribution in [3.63, 3.8) is 0 Å². The van der Waals surface area contributed by atoms with Gasteiger partial charge < -0.3 is 10.1 Å². The number of carbonyl (C=O) groups is 2. The molecule has 0 fully saturated rings. The number of benzene rings is 1. The van der Waals surface area contributed by atoms with Crippen LogP contribution >= 0.6 is 11.3 Å². The number of hydrogen-bond donors (Lipinski definition) is 1. The average molecular weight is 370 g/mol. The zero-order valence-corrected chi connectivity index (χ0v) is 15.5. The summed E-state index contributed by atoms with van der Waals surface area (Å²) in [6.45, 7) is 5.06. The lowest BCUT2D eigenvalue weighted by Crippen LogP contribution is -2.09. The van der Waals surface area contributed by atoms with Crippen molar-refractivity contribution in [2.45, 2.75) is 27.4 Å². The summed E-state index contributed by atoms with van der Waals surface area (Å²) >= 11 is 1.28. The van der Waals surface area contributed by atoms with Crippen LogP contribution in [0.4, 0.5) is 5.13 Å². The molecule has 0 saturated heterocycles. The van der Waals surface area contributed by atoms with E-state index in [2.05, 4.69) is 15.4 Å². The first kappa shape index (κ1) is 17.8. The SMILES string of the molecule is CC(=O)Nc1nc(COC(=O)c2c(C)nn(-c3ccccc3)c2C)cs1. The molecule has 0 unspecified atom stereocenters. The molecule has 0 aliphatic heterocycles. The normalized spacial score (nSPS) is 10.6. The average Bonchev–Trinajstić information content (AvgIpc) is 3.17. The van der Waals surface area contributed by atoms with E-state index in [0.717, 1.165) is 11.4 Å². The fourth-order valence-corrected chi connectivity index (χ4v) is 3.29. The zero-order valence-electron chi connectivity index (χ0n) is 14.6. The molecule has 2 heterocycles. The van der Waals surface area contributed by atoms with Crippen molar-refractivity contribution < 1.29 is 14.3 Å². The molecule has 0 radical (unpaired) electrons. The summed E-state index contributed by atoms with van der Waals surface area (Å²) in [5.74, 6) is -0.640. The van der Waals surface area contributed by atoms with Gasteiger partial charge in [0.15, 0.2) is 5.13 Å². The number of rotatable bonds is 5. The molecule has 0 aliphatic carbocycles. The van der Waals surface area contributed by atoms with Crippen LogP contribution in [0.25, 0.3) is 5.69 Å². The van der Waals surface area contributed by atoms with E-state index >= 15 is 0 Å². The van der Waals surface area contributed by atoms with Crippen molar-refractivity contribution in [1.29, 1.82) is 0 Å². The molecular weight excluding hydrogens is 352 g/mol. The van der Waals surface area contributed by atoms with Gasteiger partial charge >= 0.3 is 5.97 Å². The second-order valence-corrected chi connectivity index (χ2v) is 6.55. The van der Waals surface area contributed by atoms with Crippen LogP contribution < -0.4 is 5.32 Å². The predicted molar refractivity (Wildman–Crippen MR) is 98.6 cm³/mol. The number of nitrogens with zero attached hydrogens (tertiary/aromatic N) is 3. The highest BCUT2D eigenvalue weighted by molar-refractivity contribution is 7.13. The second-order valence-electron chi connectivity index (χ2n) is 5.69. The van der Waals surface area contributed by atoms with Crippen LogP contribution in [0, 0.1) is 13.8 Å². The number of carbonyl (C=O) groups excluding carboxylic acids is 2. The van der Waals surface area contributed by atoms with E-state index < -0.39 is 5.97 Å². The van der Waals surface area contributed by atoms with Crippen molar-refractivity contribution in [1.82, 2.24) is 14.8 Å². The standard InChI is InChI=1S/C18H18N4O3S/c1-11-16(12(2)22(21-11)15-7-5-4-6-8-15)17(24)25-9-14-10-26-18(20-14)19-13(3)23/h4-8,10H,9H2,1-3H3,(H,19,20,23). The number of aromatic nitrogens is 3. The topological polar surface area (TPSA) is 86.1 Å². The van der Waals surface area contributed by atoms with Crippen molar-refractivity contribution in [2.75, 3.05) is 5.32 Å². The molecule has 7 nitrogen and oxygen atoms in total. The number of amides is 1. The Morgan fingerprint density at radius 1 is 1.23 bits per heavy atom. The van der Waals surface area contributed by atoms with Gasteiger partial charge in [-0.25, -0.2) is 14.5 Å². The third-order valence-electron chi connectivity index (χ3n) is 3.68. The lowest BCUT2D eigenvalue weighted by molar-refractivity contribution is -0.114. The van der Waals surface area contributed by atoms with Crippen LogP contribution in [0.5, 0.6) is 0 Å². The summed E-state index contributed by atoms with van der Waals surface area (Å²) in [5.41, 5.74) is 3.24. The molecule has 134 valence electrons. The molecule has 1 aromatic carbocycles. The van der Waals surface area contributed by atoms with Gasteiger partial charge in [-0.1, -0.05) is 18.2 Å². The fourth-order valence-electron chi connectivity index (χ4n) is 2.55. The van der Waals surface area contributed by atoms with Crippen molar-refractivity contribution in [2.24, 2.45) is 0 Å². The number of para-hydroxylation sites is 1. The van der Waals surface area contributed by atoms with Crippen LogP contribution in [0.3, 0.4) is 0 Å². The molecule has 0 atom stereocenters. The summed E-state index contributed by atoms with van der Waals surface area (Å²) in [6, 6.07) is 9.60. The minimum Gasteiger partial charge on any atom is -0.455 e. The quantitative estimate of drug-likeness (QED) is 0.697. The first-order valence-electron chi connectivity index (χ1n) is 7.96. The minimum absolute atomic E-state index is 0.0321. The van der Waals surface area contributed by atoms with E-state index in [1.165, 1.54) is 18.3 Å². The third-order valence-corrected chi connectivity index (χ3v) is 4.49. The van der Waals surface area contributed by atoms with E-state index in [4.69, 9.17) is 4.74 Å². The maximum atomic E-state index is 12.5. The van der Waals surface area contributed by atoms with Crippen LogP contribution in [0.15, 0.2) is 35.7 Å². The number of ether oxygens (including phenoxy) is 1. The number of esters is 1. The molecule has 8 heteroatoms. The maximum Gasteiger partial charge on any atom is 0.342 e. The van der Waals surface area contributed by atoms with Gasteiger partial charge in [-0.3, -0.25) is 4.79 Å². The lowest BCUT2D eigenvalue weighted by Gasteiger charge is -2.05. The number of thiazole rings is 1. The molecule has 0 bridgehead atoms. The van der Waals surface area contributed by atoms with E-state index in [9.17, 15) is 9.59 Å². The largest absolute Gasteiger partial charge is 0.455 e. The molecule has 2 aromatic heterocycles. The Labute approximate surface area is 154 Å². The van der Waals surface area contributed by atoms with E-state index in [0.29, 0.717) is 22.1 Å². The maximum absolute atomic E-state index is 12.5. The highest BCUT2D eigenvalue weighted by Gasteiger charge is 2.21. The van der Waals surface area contributed by atoms with E-state index in [1.807, 2.05) is 37.3 Å². The molecule has 1 amide bonds. The third kappa shape index (κ3) is 3.80. The molecule has 0 aliphatic rings. The van der Waals surface area contributed by atoms with E-state index in [-0.39, 0.29) is 12.5 Å². The number of anilines is 1. The van der Waals surface area contributed by atoms with E-state index in [1.54, 1.807) is 17.0 Å². The van der Waals surface area contributed by atoms with Crippen LogP contribution in [0.2, 0.25) is 0 Å². The van der Waals surface area contributed by atoms with Gasteiger partial charge in [0, 0.05) is 12.3 Å². The summed E-state index contributed by atoms with van der Waals surface area (Å²) in [7, 11) is 0. The highest BCUT2D eigenvalue weighted by atomic mass is 32.1. The molecule has 3 aromatic rings. The molecule has 1 N–H and O–H groups in total. The molecule has 0 saturated carbocycles. The van der Waals surface area contributed by atoms with Crippen LogP contribution in [-0.4, -0.2) is 26.6 Å². The Morgan fingerprint density at radius 2 is 1.96 bits per heavy atom. The van der Waals surface area contributed by atoms with Gasteiger partial charge in [0.25, 0.3) is 0 Å². The highest BCUT2D eigenvalue weighted by Crippen LogP contribution is 2.20. The number of hydrogen-bond acceptors (Lipinski definition) is 6. The number of aryl methyl sites for hydroxylation is 1. The van der Waals surface area contributed by atoms with Crippen LogP contribution in [-0.2, 0) is 16.1 Å². The minimum atomic E-state index is -0.448. The van der Waals surface area contributed by atoms with Crippen molar-refractivity contribution in [3.8, 4) is 5.69 Å². The summed E-state index contributed by atoms with van der Waals surface area (Å²) in [6.07, 6.45) is 0. The molecule has 0 spiro atoms. The van der Waals surface area contributed by atoms with Crippen LogP contribution in [0.1, 0.15) is 34.4 Å². The smallest absolute Gasteiger partial charge is 0.342 e. The monoisotopic (exact) mass is 370 g/mol. The predicted octanol–water partition coefficient (Wildman–Crippen LogP) is 3.26. The first-order valence-corrected chi connectivity index (χ1v) is 8.84. The van der Waals surface area contributed by atoms with Gasteiger partial charge in [0.1, 0.15) is 12.2 Å². The molecule has 3 rings (SSSR count). The van der Waals surface area contributed by atoms with Gasteiger partial charge in [-0.2, -0.15) is 5.10 Å². The Bertz CT molecular complexity index is 947. The van der Waals surface area contributed by atoms with Gasteiger partial charge in [-0.15, -0.1) is 11.3 Å². The first-order chi connectivity index (χ1) is 12.5. The lowest BCUT2D eigenvalue weighted by atomic mass is 10.2. The van der Waals surface area contributed by atoms with Crippen molar-refractivity contribution >= 4 is 28.3 Å². The second kappa shape index (κ2) is 7.49. The summed E-state index contributed by atoms with van der Waals surface area (Å²) in [5, 5.41) is 9.27. The fraction of sp³-hybridized carbons (Fsp3) is 0.222. The van der Waals surface area contributed by atoms with Gasteiger partial charge in [0.05, 0.1) is 22.8 Å². The Hall–Kier alpha value is -3.00. The summed E-state index contributed by atoms with van der Waals surface area (Å²) < 4.78 is 7.11. The molecular formula is C18H18N4O3S. The Kier molecular flexibility index (Phi) is 5.13. The summed E-state index contributed by atoms with van der Waals surface area (Å²) in [4.78, 5) is 27.8. The zero-order chi connectivity index (χ0) is 18.7. The van der Waals surface area contributed by atoms with Gasteiger partial charge in [0.2, 0.25) is 5.91 Å². The number of nitrogens with one attached hydrogen (secondary N) is 1. The molecule has 26 heavy (non-hydrogen) atoms. The Balaban J connectivity index is 1.73. The van der Waals surface area contributed by atoms with Gasteiger partial charge in [-0.05, 0) is 26.0 Å². The van der Waals surface area contributed by atoms with Crippen molar-refractivity contribution in [3.05, 3.63) is 58.4 Å². The Morgan fingerprint density at radius 3 is 2.65 bits per heavy atom.